The number of anilines is 1. The minimum absolute atomic E-state index is 0.0110. The van der Waals surface area contributed by atoms with Crippen molar-refractivity contribution in [2.24, 2.45) is 0 Å². The van der Waals surface area contributed by atoms with E-state index in [9.17, 15) is 9.59 Å². The van der Waals surface area contributed by atoms with Gasteiger partial charge < -0.3 is 5.73 Å². The van der Waals surface area contributed by atoms with Gasteiger partial charge in [0.05, 0.1) is 0 Å². The summed E-state index contributed by atoms with van der Waals surface area (Å²) in [7, 11) is 0. The van der Waals surface area contributed by atoms with Crippen LogP contribution in [-0.4, -0.2) is 16.0 Å². The van der Waals surface area contributed by atoms with Gasteiger partial charge in [0.1, 0.15) is 5.82 Å². The van der Waals surface area contributed by atoms with Crippen LogP contribution in [-0.2, 0) is 4.79 Å². The van der Waals surface area contributed by atoms with Crippen LogP contribution in [0.25, 0.3) is 0 Å². The molecule has 0 fully saturated rings. The Bertz CT molecular complexity index is 304. The number of aromatic nitrogens is 2. The maximum absolute atomic E-state index is 10.6. The second-order valence-corrected chi connectivity index (χ2v) is 1.57. The molecule has 0 saturated carbocycles. The van der Waals surface area contributed by atoms with E-state index in [0.29, 0.717) is 6.41 Å². The smallest absolute Gasteiger partial charge is 0.356 e. The van der Waals surface area contributed by atoms with Crippen molar-refractivity contribution in [2.45, 2.75) is 0 Å². The fourth-order valence-electron chi connectivity index (χ4n) is 0.459. The molecule has 5 nitrogen and oxygen atoms in total. The lowest BCUT2D eigenvalue weighted by Gasteiger charge is -1.91. The van der Waals surface area contributed by atoms with Crippen LogP contribution in [0.5, 0.6) is 0 Å². The molecule has 51 valence electrons. The van der Waals surface area contributed by atoms with E-state index < -0.39 is 5.69 Å². The molecule has 0 aliphatic rings. The molecule has 10 heavy (non-hydrogen) atoms. The first kappa shape index (κ1) is 6.47. The highest BCUT2D eigenvalue weighted by Gasteiger charge is 1.93. The molecule has 1 rings (SSSR count). The second-order valence-electron chi connectivity index (χ2n) is 1.57. The Morgan fingerprint density at radius 2 is 2.50 bits per heavy atom. The highest BCUT2D eigenvalue weighted by atomic mass is 16.2. The fraction of sp³-hybridized carbons (Fsp3) is 0. The summed E-state index contributed by atoms with van der Waals surface area (Å²) in [4.78, 5) is 23.8. The maximum Gasteiger partial charge on any atom is 0.356 e. The van der Waals surface area contributed by atoms with Crippen LogP contribution in [0.2, 0.25) is 0 Å². The first-order valence-corrected chi connectivity index (χ1v) is 2.45. The van der Waals surface area contributed by atoms with Gasteiger partial charge in [-0.05, 0) is 0 Å². The van der Waals surface area contributed by atoms with E-state index in [1.54, 1.807) is 0 Å². The third-order valence-electron chi connectivity index (χ3n) is 0.902. The maximum atomic E-state index is 10.6. The van der Waals surface area contributed by atoms with Gasteiger partial charge in [-0.1, -0.05) is 0 Å². The van der Waals surface area contributed by atoms with E-state index in [1.165, 1.54) is 0 Å². The predicted octanol–water partition coefficient (Wildman–Crippen LogP) is -1.34. The van der Waals surface area contributed by atoms with Gasteiger partial charge in [0, 0.05) is 12.3 Å². The molecule has 0 atom stereocenters. The zero-order chi connectivity index (χ0) is 7.56. The quantitative estimate of drug-likeness (QED) is 0.487. The molecular weight excluding hydrogens is 134 g/mol. The third-order valence-corrected chi connectivity index (χ3v) is 0.902. The number of nitrogen functional groups attached to an aromatic ring is 1. The SMILES string of the molecule is Nc1[c]cn(C=O)c(=O)n1. The van der Waals surface area contributed by atoms with Gasteiger partial charge in [0.25, 0.3) is 0 Å². The number of carbonyl (C=O) groups excluding carboxylic acids is 1. The van der Waals surface area contributed by atoms with Crippen molar-refractivity contribution in [3.63, 3.8) is 0 Å². The van der Waals surface area contributed by atoms with Crippen LogP contribution in [0.4, 0.5) is 5.82 Å². The Balaban J connectivity index is 3.33. The fourth-order valence-corrected chi connectivity index (χ4v) is 0.459. The summed E-state index contributed by atoms with van der Waals surface area (Å²) in [6.07, 6.45) is 1.48. The summed E-state index contributed by atoms with van der Waals surface area (Å²) >= 11 is 0. The molecular formula is C5H4N3O2. The molecule has 1 radical (unpaired) electrons. The Hall–Kier alpha value is -1.65. The molecule has 0 spiro atoms. The minimum atomic E-state index is -0.689. The summed E-state index contributed by atoms with van der Waals surface area (Å²) in [5.74, 6) is -0.0110. The summed E-state index contributed by atoms with van der Waals surface area (Å²) < 4.78 is 0.746. The topological polar surface area (TPSA) is 78.0 Å². The average molecular weight is 138 g/mol. The van der Waals surface area contributed by atoms with Gasteiger partial charge in [-0.25, -0.2) is 9.36 Å². The van der Waals surface area contributed by atoms with Gasteiger partial charge in [-0.15, -0.1) is 0 Å². The number of hydrogen-bond donors (Lipinski definition) is 1. The molecule has 0 aromatic carbocycles. The molecule has 1 aromatic heterocycles. The standard InChI is InChI=1S/C5H4N3O2/c6-4-1-2-8(3-9)5(10)7-4/h2-3H,(H2,6,7,10). The number of nitrogens with zero attached hydrogens (tertiary/aromatic N) is 2. The largest absolute Gasteiger partial charge is 0.383 e. The van der Waals surface area contributed by atoms with Crippen molar-refractivity contribution in [1.82, 2.24) is 9.55 Å². The van der Waals surface area contributed by atoms with Crippen molar-refractivity contribution in [1.29, 1.82) is 0 Å². The monoisotopic (exact) mass is 138 g/mol. The van der Waals surface area contributed by atoms with E-state index in [4.69, 9.17) is 5.73 Å². The second kappa shape index (κ2) is 2.30. The van der Waals surface area contributed by atoms with Crippen LogP contribution < -0.4 is 11.4 Å². The molecule has 5 heteroatoms. The van der Waals surface area contributed by atoms with Crippen LogP contribution in [0.3, 0.4) is 0 Å². The van der Waals surface area contributed by atoms with Crippen LogP contribution in [0.1, 0.15) is 0 Å². The van der Waals surface area contributed by atoms with Gasteiger partial charge >= 0.3 is 5.69 Å². The van der Waals surface area contributed by atoms with Gasteiger partial charge in [0.15, 0.2) is 0 Å². The first-order valence-electron chi connectivity index (χ1n) is 2.45. The minimum Gasteiger partial charge on any atom is -0.383 e. The highest BCUT2D eigenvalue weighted by Crippen LogP contribution is 1.84. The van der Waals surface area contributed by atoms with Crippen LogP contribution >= 0.6 is 0 Å². The molecule has 2 N–H and O–H groups in total. The molecule has 1 aromatic rings. The Labute approximate surface area is 56.1 Å². The molecule has 0 bridgehead atoms. The van der Waals surface area contributed by atoms with E-state index in [-0.39, 0.29) is 5.82 Å². The van der Waals surface area contributed by atoms with Gasteiger partial charge in [-0.2, -0.15) is 4.98 Å². The number of rotatable bonds is 1. The van der Waals surface area contributed by atoms with Crippen LogP contribution in [0.15, 0.2) is 11.0 Å². The average Bonchev–Trinajstić information content (AvgIpc) is 1.88. The van der Waals surface area contributed by atoms with Crippen molar-refractivity contribution < 1.29 is 4.79 Å². The lowest BCUT2D eigenvalue weighted by Crippen LogP contribution is -2.22. The van der Waals surface area contributed by atoms with E-state index in [1.807, 2.05) is 0 Å². The van der Waals surface area contributed by atoms with E-state index >= 15 is 0 Å². The molecule has 0 saturated heterocycles. The van der Waals surface area contributed by atoms with E-state index in [0.717, 1.165) is 10.8 Å². The summed E-state index contributed by atoms with van der Waals surface area (Å²) in [6.45, 7) is 0. The van der Waals surface area contributed by atoms with Crippen molar-refractivity contribution >= 4 is 12.2 Å². The summed E-state index contributed by atoms with van der Waals surface area (Å²) in [5.41, 5.74) is 4.40. The summed E-state index contributed by atoms with van der Waals surface area (Å²) in [6, 6.07) is 2.39. The van der Waals surface area contributed by atoms with Gasteiger partial charge in [0.2, 0.25) is 6.41 Å². The normalized spacial score (nSPS) is 9.20. The zero-order valence-corrected chi connectivity index (χ0v) is 4.94. The zero-order valence-electron chi connectivity index (χ0n) is 4.94. The first-order chi connectivity index (χ1) is 4.74. The Morgan fingerprint density at radius 1 is 1.80 bits per heavy atom. The molecule has 0 aliphatic carbocycles. The lowest BCUT2D eigenvalue weighted by atomic mass is 10.6. The summed E-state index contributed by atoms with van der Waals surface area (Å²) in [5, 5.41) is 0. The Kier molecular flexibility index (Phi) is 1.49. The molecule has 0 aliphatic heterocycles. The van der Waals surface area contributed by atoms with Crippen molar-refractivity contribution in [3.05, 3.63) is 22.7 Å². The van der Waals surface area contributed by atoms with Crippen molar-refractivity contribution in [2.75, 3.05) is 5.73 Å². The molecule has 0 unspecified atom stereocenters. The lowest BCUT2D eigenvalue weighted by molar-refractivity contribution is 0.544. The van der Waals surface area contributed by atoms with E-state index in [2.05, 4.69) is 11.1 Å². The number of carbonyl (C=O) groups is 1. The Morgan fingerprint density at radius 3 is 3.00 bits per heavy atom. The van der Waals surface area contributed by atoms with Crippen LogP contribution in [0, 0.1) is 6.07 Å². The number of hydrogen-bond acceptors (Lipinski definition) is 4. The predicted molar refractivity (Wildman–Crippen MR) is 33.9 cm³/mol. The highest BCUT2D eigenvalue weighted by molar-refractivity contribution is 5.51. The molecule has 1 heterocycles. The third kappa shape index (κ3) is 1.02. The molecule has 0 amide bonds. The van der Waals surface area contributed by atoms with Gasteiger partial charge in [-0.3, -0.25) is 4.79 Å². The number of nitrogens with two attached hydrogens (primary N) is 1. The van der Waals surface area contributed by atoms with Crippen molar-refractivity contribution in [3.8, 4) is 0 Å².